The summed E-state index contributed by atoms with van der Waals surface area (Å²) in [5, 5.41) is 0. The quantitative estimate of drug-likeness (QED) is 0.766. The molecule has 0 saturated heterocycles. The van der Waals surface area contributed by atoms with Crippen molar-refractivity contribution in [1.29, 1.82) is 0 Å². The molecule has 0 saturated carbocycles. The highest BCUT2D eigenvalue weighted by atomic mass is 14.6. The van der Waals surface area contributed by atoms with E-state index in [1.165, 1.54) is 24.0 Å². The zero-order valence-corrected chi connectivity index (χ0v) is 10.9. The first-order valence-electron chi connectivity index (χ1n) is 6.52. The maximum atomic E-state index is 6.30. The smallest absolute Gasteiger partial charge is 0.0300 e. The van der Waals surface area contributed by atoms with Gasteiger partial charge in [0.2, 0.25) is 0 Å². The standard InChI is InChI=1S/C15H25N/c1-4-8-12(3)11-15(16)14-10-7-6-9-13(14)5-2/h6-7,9-10,12,15H,4-5,8,11,16H2,1-3H3. The van der Waals surface area contributed by atoms with Crippen LogP contribution >= 0.6 is 0 Å². The first kappa shape index (κ1) is 13.2. The molecule has 1 aromatic carbocycles. The second-order valence-corrected chi connectivity index (χ2v) is 4.79. The molecule has 1 heteroatoms. The molecular weight excluding hydrogens is 194 g/mol. The van der Waals surface area contributed by atoms with Crippen LogP contribution in [0, 0.1) is 5.92 Å². The van der Waals surface area contributed by atoms with E-state index in [1.807, 2.05) is 0 Å². The van der Waals surface area contributed by atoms with Crippen LogP contribution < -0.4 is 5.73 Å². The van der Waals surface area contributed by atoms with E-state index >= 15 is 0 Å². The number of rotatable bonds is 6. The number of nitrogens with two attached hydrogens (primary N) is 1. The normalized spacial score (nSPS) is 14.8. The summed E-state index contributed by atoms with van der Waals surface area (Å²) < 4.78 is 0. The number of hydrogen-bond acceptors (Lipinski definition) is 1. The Bertz CT molecular complexity index is 306. The molecule has 1 nitrogen and oxygen atoms in total. The Morgan fingerprint density at radius 1 is 1.19 bits per heavy atom. The number of aryl methyl sites for hydroxylation is 1. The van der Waals surface area contributed by atoms with E-state index in [-0.39, 0.29) is 6.04 Å². The number of benzene rings is 1. The van der Waals surface area contributed by atoms with E-state index in [0.29, 0.717) is 0 Å². The van der Waals surface area contributed by atoms with E-state index in [9.17, 15) is 0 Å². The molecular formula is C15H25N. The second-order valence-electron chi connectivity index (χ2n) is 4.79. The Morgan fingerprint density at radius 3 is 2.50 bits per heavy atom. The second kappa shape index (κ2) is 6.70. The predicted molar refractivity (Wildman–Crippen MR) is 71.4 cm³/mol. The molecule has 0 aliphatic heterocycles. The van der Waals surface area contributed by atoms with Gasteiger partial charge in [-0.15, -0.1) is 0 Å². The molecule has 1 rings (SSSR count). The molecule has 90 valence electrons. The van der Waals surface area contributed by atoms with Crippen molar-refractivity contribution in [2.24, 2.45) is 11.7 Å². The van der Waals surface area contributed by atoms with Gasteiger partial charge in [-0.1, -0.05) is 57.9 Å². The van der Waals surface area contributed by atoms with Gasteiger partial charge in [0.15, 0.2) is 0 Å². The maximum Gasteiger partial charge on any atom is 0.0300 e. The minimum absolute atomic E-state index is 0.206. The molecule has 1 aromatic rings. The van der Waals surface area contributed by atoms with Crippen molar-refractivity contribution in [3.8, 4) is 0 Å². The van der Waals surface area contributed by atoms with E-state index in [4.69, 9.17) is 5.73 Å². The summed E-state index contributed by atoms with van der Waals surface area (Å²) in [5.41, 5.74) is 9.04. The zero-order chi connectivity index (χ0) is 12.0. The van der Waals surface area contributed by atoms with Gasteiger partial charge < -0.3 is 5.73 Å². The maximum absolute atomic E-state index is 6.30. The summed E-state index contributed by atoms with van der Waals surface area (Å²) in [4.78, 5) is 0. The lowest BCUT2D eigenvalue weighted by Crippen LogP contribution is -2.15. The van der Waals surface area contributed by atoms with Gasteiger partial charge in [-0.25, -0.2) is 0 Å². The molecule has 0 radical (unpaired) electrons. The highest BCUT2D eigenvalue weighted by Gasteiger charge is 2.12. The van der Waals surface area contributed by atoms with Crippen molar-refractivity contribution in [3.63, 3.8) is 0 Å². The molecule has 0 fully saturated rings. The first-order chi connectivity index (χ1) is 7.69. The van der Waals surface area contributed by atoms with Gasteiger partial charge in [0.05, 0.1) is 0 Å². The van der Waals surface area contributed by atoms with Crippen LogP contribution in [0.2, 0.25) is 0 Å². The molecule has 2 unspecified atom stereocenters. The Balaban J connectivity index is 2.68. The SMILES string of the molecule is CCCC(C)CC(N)c1ccccc1CC. The van der Waals surface area contributed by atoms with Crippen molar-refractivity contribution >= 4 is 0 Å². The fourth-order valence-electron chi connectivity index (χ4n) is 2.39. The summed E-state index contributed by atoms with van der Waals surface area (Å²) in [7, 11) is 0. The zero-order valence-electron chi connectivity index (χ0n) is 10.9. The summed E-state index contributed by atoms with van der Waals surface area (Å²) >= 11 is 0. The van der Waals surface area contributed by atoms with Crippen molar-refractivity contribution in [2.75, 3.05) is 0 Å². The molecule has 0 heterocycles. The fourth-order valence-corrected chi connectivity index (χ4v) is 2.39. The van der Waals surface area contributed by atoms with Crippen molar-refractivity contribution < 1.29 is 0 Å². The predicted octanol–water partition coefficient (Wildman–Crippen LogP) is 4.08. The van der Waals surface area contributed by atoms with Crippen LogP contribution in [0.1, 0.15) is 57.2 Å². The molecule has 0 spiro atoms. The monoisotopic (exact) mass is 219 g/mol. The summed E-state index contributed by atoms with van der Waals surface area (Å²) in [5.74, 6) is 0.727. The van der Waals surface area contributed by atoms with Gasteiger partial charge >= 0.3 is 0 Å². The highest BCUT2D eigenvalue weighted by molar-refractivity contribution is 5.29. The molecule has 0 aliphatic rings. The minimum Gasteiger partial charge on any atom is -0.324 e. The van der Waals surface area contributed by atoms with Crippen LogP contribution in [0.4, 0.5) is 0 Å². The molecule has 16 heavy (non-hydrogen) atoms. The van der Waals surface area contributed by atoms with Crippen molar-refractivity contribution in [1.82, 2.24) is 0 Å². The molecule has 2 N–H and O–H groups in total. The van der Waals surface area contributed by atoms with Gasteiger partial charge in [-0.05, 0) is 29.9 Å². The van der Waals surface area contributed by atoms with Crippen LogP contribution in [-0.2, 0) is 6.42 Å². The topological polar surface area (TPSA) is 26.0 Å². The molecule has 0 bridgehead atoms. The van der Waals surface area contributed by atoms with Crippen LogP contribution in [-0.4, -0.2) is 0 Å². The fraction of sp³-hybridized carbons (Fsp3) is 0.600. The average Bonchev–Trinajstić information content (AvgIpc) is 2.29. The Kier molecular flexibility index (Phi) is 5.54. The van der Waals surface area contributed by atoms with Gasteiger partial charge in [-0.3, -0.25) is 0 Å². The lowest BCUT2D eigenvalue weighted by Gasteiger charge is -2.19. The largest absolute Gasteiger partial charge is 0.324 e. The first-order valence-corrected chi connectivity index (χ1v) is 6.52. The average molecular weight is 219 g/mol. The third kappa shape index (κ3) is 3.64. The van der Waals surface area contributed by atoms with Crippen LogP contribution in [0.25, 0.3) is 0 Å². The minimum atomic E-state index is 0.206. The van der Waals surface area contributed by atoms with E-state index < -0.39 is 0 Å². The van der Waals surface area contributed by atoms with Gasteiger partial charge in [0.1, 0.15) is 0 Å². The van der Waals surface area contributed by atoms with Crippen molar-refractivity contribution in [2.45, 2.75) is 52.5 Å². The third-order valence-electron chi connectivity index (χ3n) is 3.27. The molecule has 0 amide bonds. The summed E-state index contributed by atoms with van der Waals surface area (Å²) in [6, 6.07) is 8.78. The summed E-state index contributed by atoms with van der Waals surface area (Å²) in [6.07, 6.45) is 4.71. The van der Waals surface area contributed by atoms with Gasteiger partial charge in [-0.2, -0.15) is 0 Å². The lowest BCUT2D eigenvalue weighted by molar-refractivity contribution is 0.439. The summed E-state index contributed by atoms with van der Waals surface area (Å²) in [6.45, 7) is 6.74. The lowest BCUT2D eigenvalue weighted by atomic mass is 9.90. The van der Waals surface area contributed by atoms with Gasteiger partial charge in [0, 0.05) is 6.04 Å². The molecule has 2 atom stereocenters. The Labute approximate surface area is 100 Å². The van der Waals surface area contributed by atoms with Crippen molar-refractivity contribution in [3.05, 3.63) is 35.4 Å². The van der Waals surface area contributed by atoms with Gasteiger partial charge in [0.25, 0.3) is 0 Å². The van der Waals surface area contributed by atoms with Crippen LogP contribution in [0.3, 0.4) is 0 Å². The third-order valence-corrected chi connectivity index (χ3v) is 3.27. The van der Waals surface area contributed by atoms with Crippen LogP contribution in [0.15, 0.2) is 24.3 Å². The van der Waals surface area contributed by atoms with E-state index in [0.717, 1.165) is 18.8 Å². The Morgan fingerprint density at radius 2 is 1.88 bits per heavy atom. The van der Waals surface area contributed by atoms with Crippen LogP contribution in [0.5, 0.6) is 0 Å². The highest BCUT2D eigenvalue weighted by Crippen LogP contribution is 2.24. The van der Waals surface area contributed by atoms with E-state index in [1.54, 1.807) is 0 Å². The molecule has 0 aliphatic carbocycles. The molecule has 0 aromatic heterocycles. The Hall–Kier alpha value is -0.820. The van der Waals surface area contributed by atoms with E-state index in [2.05, 4.69) is 45.0 Å². The number of hydrogen-bond donors (Lipinski definition) is 1.